The third-order valence-electron chi connectivity index (χ3n) is 2.94. The molecule has 0 heterocycles. The van der Waals surface area contributed by atoms with E-state index in [4.69, 9.17) is 0 Å². The van der Waals surface area contributed by atoms with Crippen LogP contribution < -0.4 is 13.4 Å². The van der Waals surface area contributed by atoms with Crippen LogP contribution in [0.15, 0.2) is 91.0 Å². The molecule has 0 aliphatic carbocycles. The van der Waals surface area contributed by atoms with Crippen molar-refractivity contribution in [2.75, 3.05) is 0 Å². The molecule has 1 heteroatoms. The van der Waals surface area contributed by atoms with Crippen LogP contribution in [0.25, 0.3) is 0 Å². The molecule has 0 unspecified atom stereocenters. The van der Waals surface area contributed by atoms with Crippen LogP contribution >= 0.6 is 0 Å². The van der Waals surface area contributed by atoms with Crippen LogP contribution in [-0.4, -0.2) is 13.9 Å². The molecule has 0 atom stereocenters. The Labute approximate surface area is 118 Å². The van der Waals surface area contributed by atoms with Crippen molar-refractivity contribution < 1.29 is 0 Å². The van der Waals surface area contributed by atoms with Crippen molar-refractivity contribution in [3.63, 3.8) is 0 Å². The van der Waals surface area contributed by atoms with Gasteiger partial charge in [-0.25, -0.2) is 0 Å². The standard InChI is InChI=1S/C18H15Se/c1-4-10-16(11-5-1)19(17-12-6-2-7-13-17)18-14-8-3-9-15-18/h1-15H. The molecule has 0 N–H and O–H groups in total. The van der Waals surface area contributed by atoms with Gasteiger partial charge in [0.05, 0.1) is 0 Å². The summed E-state index contributed by atoms with van der Waals surface area (Å²) in [5.41, 5.74) is 0. The molecule has 0 spiro atoms. The molecule has 93 valence electrons. The second-order valence-corrected chi connectivity index (χ2v) is 8.50. The number of hydrogen-bond acceptors (Lipinski definition) is 0. The van der Waals surface area contributed by atoms with Gasteiger partial charge in [0, 0.05) is 0 Å². The fourth-order valence-corrected chi connectivity index (χ4v) is 6.49. The molecule has 0 amide bonds. The summed E-state index contributed by atoms with van der Waals surface area (Å²) in [5, 5.41) is 0. The molecule has 3 rings (SSSR count). The van der Waals surface area contributed by atoms with E-state index in [-0.39, 0.29) is 0 Å². The zero-order valence-corrected chi connectivity index (χ0v) is 12.3. The summed E-state index contributed by atoms with van der Waals surface area (Å²) in [7, 11) is 0. The predicted molar refractivity (Wildman–Crippen MR) is 84.0 cm³/mol. The number of benzene rings is 3. The van der Waals surface area contributed by atoms with Gasteiger partial charge >= 0.3 is 118 Å². The van der Waals surface area contributed by atoms with Crippen LogP contribution in [0.4, 0.5) is 0 Å². The molecule has 0 nitrogen and oxygen atoms in total. The molecular weight excluding hydrogens is 295 g/mol. The molecule has 0 aliphatic heterocycles. The van der Waals surface area contributed by atoms with Crippen LogP contribution in [0.5, 0.6) is 0 Å². The Morgan fingerprint density at radius 3 is 0.895 bits per heavy atom. The van der Waals surface area contributed by atoms with Gasteiger partial charge in [-0.2, -0.15) is 0 Å². The third-order valence-corrected chi connectivity index (χ3v) is 7.62. The monoisotopic (exact) mass is 311 g/mol. The minimum atomic E-state index is -1.15. The zero-order chi connectivity index (χ0) is 12.9. The molecule has 1 radical (unpaired) electrons. The van der Waals surface area contributed by atoms with Gasteiger partial charge in [-0.05, 0) is 0 Å². The summed E-state index contributed by atoms with van der Waals surface area (Å²) in [6.45, 7) is 0. The summed E-state index contributed by atoms with van der Waals surface area (Å²) in [6, 6.07) is 32.6. The average Bonchev–Trinajstić information content (AvgIpc) is 2.51. The van der Waals surface area contributed by atoms with Crippen molar-refractivity contribution in [3.05, 3.63) is 91.0 Å². The van der Waals surface area contributed by atoms with Crippen molar-refractivity contribution in [1.29, 1.82) is 0 Å². The van der Waals surface area contributed by atoms with Gasteiger partial charge in [0.25, 0.3) is 0 Å². The van der Waals surface area contributed by atoms with Gasteiger partial charge in [0.15, 0.2) is 0 Å². The third kappa shape index (κ3) is 2.78. The summed E-state index contributed by atoms with van der Waals surface area (Å²) in [5.74, 6) is 0. The predicted octanol–water partition coefficient (Wildman–Crippen LogP) is 2.20. The van der Waals surface area contributed by atoms with Gasteiger partial charge in [-0.3, -0.25) is 0 Å². The van der Waals surface area contributed by atoms with Crippen LogP contribution in [0.2, 0.25) is 0 Å². The second-order valence-electron chi connectivity index (χ2n) is 4.25. The van der Waals surface area contributed by atoms with E-state index in [1.807, 2.05) is 0 Å². The van der Waals surface area contributed by atoms with Crippen molar-refractivity contribution in [1.82, 2.24) is 0 Å². The zero-order valence-electron chi connectivity index (χ0n) is 10.6. The van der Waals surface area contributed by atoms with Crippen LogP contribution in [0, 0.1) is 0 Å². The maximum atomic E-state index is 2.25. The Hall–Kier alpha value is -1.82. The topological polar surface area (TPSA) is 0 Å². The second kappa shape index (κ2) is 5.88. The van der Waals surface area contributed by atoms with Gasteiger partial charge in [-0.1, -0.05) is 0 Å². The summed E-state index contributed by atoms with van der Waals surface area (Å²) in [4.78, 5) is 0. The molecule has 19 heavy (non-hydrogen) atoms. The summed E-state index contributed by atoms with van der Waals surface area (Å²) >= 11 is -1.15. The Morgan fingerprint density at radius 1 is 0.368 bits per heavy atom. The first-order valence-corrected chi connectivity index (χ1v) is 8.91. The first-order valence-electron chi connectivity index (χ1n) is 6.34. The van der Waals surface area contributed by atoms with E-state index in [0.717, 1.165) is 0 Å². The van der Waals surface area contributed by atoms with E-state index in [0.29, 0.717) is 0 Å². The number of hydrogen-bond donors (Lipinski definition) is 0. The fraction of sp³-hybridized carbons (Fsp3) is 0. The van der Waals surface area contributed by atoms with E-state index in [9.17, 15) is 0 Å². The van der Waals surface area contributed by atoms with Gasteiger partial charge < -0.3 is 0 Å². The van der Waals surface area contributed by atoms with Crippen molar-refractivity contribution in [2.24, 2.45) is 0 Å². The first kappa shape index (κ1) is 12.2. The number of rotatable bonds is 3. The maximum absolute atomic E-state index is 2.25. The van der Waals surface area contributed by atoms with E-state index in [1.54, 1.807) is 0 Å². The van der Waals surface area contributed by atoms with E-state index in [2.05, 4.69) is 91.0 Å². The van der Waals surface area contributed by atoms with Crippen LogP contribution in [0.1, 0.15) is 0 Å². The molecule has 0 aliphatic rings. The Morgan fingerprint density at radius 2 is 0.632 bits per heavy atom. The van der Waals surface area contributed by atoms with Gasteiger partial charge in [-0.15, -0.1) is 0 Å². The van der Waals surface area contributed by atoms with Crippen molar-refractivity contribution in [2.45, 2.75) is 0 Å². The summed E-state index contributed by atoms with van der Waals surface area (Å²) in [6.07, 6.45) is 0. The minimum absolute atomic E-state index is 1.15. The molecule has 0 saturated carbocycles. The average molecular weight is 310 g/mol. The normalized spacial score (nSPS) is 10.6. The molecule has 3 aromatic carbocycles. The van der Waals surface area contributed by atoms with E-state index >= 15 is 0 Å². The summed E-state index contributed by atoms with van der Waals surface area (Å²) < 4.78 is 4.37. The molecule has 0 saturated heterocycles. The van der Waals surface area contributed by atoms with Crippen LogP contribution in [0.3, 0.4) is 0 Å². The Bertz CT molecular complexity index is 524. The quantitative estimate of drug-likeness (QED) is 0.651. The molecule has 0 bridgehead atoms. The first-order chi connectivity index (χ1) is 9.45. The van der Waals surface area contributed by atoms with E-state index in [1.165, 1.54) is 13.4 Å². The Kier molecular flexibility index (Phi) is 3.78. The molecular formula is C18H15Se. The van der Waals surface area contributed by atoms with E-state index < -0.39 is 13.9 Å². The molecule has 3 aromatic rings. The van der Waals surface area contributed by atoms with Crippen molar-refractivity contribution in [3.8, 4) is 0 Å². The fourth-order valence-electron chi connectivity index (χ4n) is 2.08. The Balaban J connectivity index is 2.12. The van der Waals surface area contributed by atoms with Crippen molar-refractivity contribution >= 4 is 27.3 Å². The van der Waals surface area contributed by atoms with Gasteiger partial charge in [0.1, 0.15) is 0 Å². The SMILES string of the molecule is c1ccc([Se](c2ccccc2)c2ccccc2)cc1. The molecule has 0 fully saturated rings. The van der Waals surface area contributed by atoms with Gasteiger partial charge in [0.2, 0.25) is 0 Å². The van der Waals surface area contributed by atoms with Crippen LogP contribution in [-0.2, 0) is 0 Å². The molecule has 0 aromatic heterocycles.